The summed E-state index contributed by atoms with van der Waals surface area (Å²) >= 11 is 6.72. The van der Waals surface area contributed by atoms with Gasteiger partial charge in [0.1, 0.15) is 12.4 Å². The number of nitriles is 1. The molecule has 6 rings (SSSR count). The van der Waals surface area contributed by atoms with Gasteiger partial charge in [0.05, 0.1) is 35.8 Å². The fourth-order valence-corrected chi connectivity index (χ4v) is 7.70. The second kappa shape index (κ2) is 12.8. The van der Waals surface area contributed by atoms with Crippen LogP contribution in [0.2, 0.25) is 5.02 Å². The number of anilines is 2. The molecule has 2 fully saturated rings. The maximum Gasteiger partial charge on any atom is 0.318 e. The maximum atomic E-state index is 12.6. The molecule has 4 heterocycles. The number of hydrogen-bond donors (Lipinski definition) is 0. The van der Waals surface area contributed by atoms with Crippen molar-refractivity contribution in [2.24, 2.45) is 5.41 Å². The number of aromatic nitrogens is 2. The predicted octanol–water partition coefficient (Wildman–Crippen LogP) is 3.83. The van der Waals surface area contributed by atoms with E-state index in [0.717, 1.165) is 71.2 Å². The van der Waals surface area contributed by atoms with Crippen molar-refractivity contribution < 1.29 is 9.53 Å². The van der Waals surface area contributed by atoms with Crippen LogP contribution in [-0.2, 0) is 17.8 Å². The SMILES string of the molecule is C=CC(=O)N1CCN(c2nc(OCC3(CN(C)C)CN(C)C3)nc3c2CCN(c2cccc4cccc(Cl)c24)C3)CC1CC#N. The molecule has 0 saturated carbocycles. The third kappa shape index (κ3) is 6.30. The first-order valence-corrected chi connectivity index (χ1v) is 15.9. The number of ether oxygens (including phenoxy) is 1. The van der Waals surface area contributed by atoms with E-state index in [1.54, 1.807) is 4.90 Å². The average Bonchev–Trinajstić information content (AvgIpc) is 3.01. The summed E-state index contributed by atoms with van der Waals surface area (Å²) in [6.45, 7) is 9.98. The Morgan fingerprint density at radius 3 is 2.67 bits per heavy atom. The highest BCUT2D eigenvalue weighted by molar-refractivity contribution is 6.36. The second-order valence-corrected chi connectivity index (χ2v) is 13.3. The van der Waals surface area contributed by atoms with Gasteiger partial charge in [-0.25, -0.2) is 0 Å². The zero-order valence-corrected chi connectivity index (χ0v) is 27.1. The molecular weight excluding hydrogens is 588 g/mol. The van der Waals surface area contributed by atoms with Crippen molar-refractivity contribution in [2.45, 2.75) is 25.4 Å². The third-order valence-corrected chi connectivity index (χ3v) is 9.45. The number of nitrogens with zero attached hydrogens (tertiary/aromatic N) is 8. The number of benzene rings is 2. The smallest absolute Gasteiger partial charge is 0.318 e. The van der Waals surface area contributed by atoms with Crippen molar-refractivity contribution in [3.63, 3.8) is 0 Å². The van der Waals surface area contributed by atoms with Crippen molar-refractivity contribution in [3.8, 4) is 12.1 Å². The van der Waals surface area contributed by atoms with Gasteiger partial charge in [-0.3, -0.25) is 4.79 Å². The largest absolute Gasteiger partial charge is 0.463 e. The summed E-state index contributed by atoms with van der Waals surface area (Å²) in [5.41, 5.74) is 3.12. The summed E-state index contributed by atoms with van der Waals surface area (Å²) in [6.07, 6.45) is 2.31. The van der Waals surface area contributed by atoms with Crippen LogP contribution in [0.25, 0.3) is 10.8 Å². The molecule has 1 aromatic heterocycles. The second-order valence-electron chi connectivity index (χ2n) is 12.9. The molecule has 0 N–H and O–H groups in total. The number of piperazine rings is 1. The quantitative estimate of drug-likeness (QED) is 0.328. The van der Waals surface area contributed by atoms with Gasteiger partial charge in [0.25, 0.3) is 0 Å². The van der Waals surface area contributed by atoms with Crippen LogP contribution in [0, 0.1) is 16.7 Å². The number of likely N-dealkylation sites (tertiary alicyclic amines) is 1. The van der Waals surface area contributed by atoms with E-state index in [1.165, 1.54) is 6.08 Å². The van der Waals surface area contributed by atoms with Gasteiger partial charge in [0.2, 0.25) is 5.91 Å². The lowest BCUT2D eigenvalue weighted by atomic mass is 9.80. The van der Waals surface area contributed by atoms with E-state index in [9.17, 15) is 10.1 Å². The summed E-state index contributed by atoms with van der Waals surface area (Å²) in [7, 11) is 6.32. The van der Waals surface area contributed by atoms with E-state index in [-0.39, 0.29) is 23.8 Å². The van der Waals surface area contributed by atoms with Crippen molar-refractivity contribution in [1.29, 1.82) is 5.26 Å². The number of amides is 1. The number of fused-ring (bicyclic) bond motifs is 2. The predicted molar refractivity (Wildman–Crippen MR) is 178 cm³/mol. The molecule has 2 saturated heterocycles. The summed E-state index contributed by atoms with van der Waals surface area (Å²) in [5, 5.41) is 12.4. The fourth-order valence-electron chi connectivity index (χ4n) is 7.42. The van der Waals surface area contributed by atoms with Gasteiger partial charge in [-0.05, 0) is 51.2 Å². The Balaban J connectivity index is 1.34. The average molecular weight is 629 g/mol. The van der Waals surface area contributed by atoms with Crippen LogP contribution in [0.4, 0.5) is 11.5 Å². The van der Waals surface area contributed by atoms with Crippen molar-refractivity contribution in [1.82, 2.24) is 24.7 Å². The van der Waals surface area contributed by atoms with Crippen LogP contribution in [0.3, 0.4) is 0 Å². The van der Waals surface area contributed by atoms with Crippen LogP contribution in [0.15, 0.2) is 49.1 Å². The van der Waals surface area contributed by atoms with Crippen LogP contribution < -0.4 is 14.5 Å². The van der Waals surface area contributed by atoms with Gasteiger partial charge in [0.15, 0.2) is 0 Å². The molecule has 3 aliphatic heterocycles. The third-order valence-electron chi connectivity index (χ3n) is 9.13. The fraction of sp³-hybridized carbons (Fsp3) is 0.471. The molecule has 236 valence electrons. The van der Waals surface area contributed by atoms with E-state index in [1.807, 2.05) is 12.1 Å². The van der Waals surface area contributed by atoms with Crippen molar-refractivity contribution >= 4 is 39.8 Å². The molecular formula is C34H41ClN8O2. The van der Waals surface area contributed by atoms with E-state index < -0.39 is 0 Å². The first-order valence-electron chi connectivity index (χ1n) is 15.5. The Morgan fingerprint density at radius 2 is 1.96 bits per heavy atom. The van der Waals surface area contributed by atoms with E-state index >= 15 is 0 Å². The summed E-state index contributed by atoms with van der Waals surface area (Å²) in [4.78, 5) is 33.5. The zero-order valence-electron chi connectivity index (χ0n) is 26.4. The van der Waals surface area contributed by atoms with Crippen molar-refractivity contribution in [2.75, 3.05) is 83.4 Å². The highest BCUT2D eigenvalue weighted by Gasteiger charge is 2.43. The van der Waals surface area contributed by atoms with Gasteiger partial charge in [-0.1, -0.05) is 42.4 Å². The molecule has 1 atom stereocenters. The molecule has 2 aromatic carbocycles. The van der Waals surface area contributed by atoms with Gasteiger partial charge in [-0.15, -0.1) is 0 Å². The minimum Gasteiger partial charge on any atom is -0.463 e. The number of halogens is 1. The zero-order chi connectivity index (χ0) is 31.7. The molecule has 0 spiro atoms. The highest BCUT2D eigenvalue weighted by atomic mass is 35.5. The van der Waals surface area contributed by atoms with E-state index in [4.69, 9.17) is 26.3 Å². The standard InChI is InChI=1S/C34H41ClN8O2/c1-5-30(44)43-17-16-42(18-25(43)12-14-36)32-26-13-15-41(29-11-7-9-24-8-6-10-27(35)31(24)29)19-28(26)37-33(38-32)45-23-34(20-39(2)3)21-40(4)22-34/h5-11,25H,1,12-13,15-23H2,2-4H3. The first kappa shape index (κ1) is 31.1. The molecule has 11 heteroatoms. The number of carbonyl (C=O) groups excluding carboxylic acids is 1. The van der Waals surface area contributed by atoms with Gasteiger partial charge >= 0.3 is 6.01 Å². The van der Waals surface area contributed by atoms with Crippen LogP contribution in [0.1, 0.15) is 17.7 Å². The highest BCUT2D eigenvalue weighted by Crippen LogP contribution is 2.38. The first-order chi connectivity index (χ1) is 21.7. The minimum absolute atomic E-state index is 0.0119. The molecule has 45 heavy (non-hydrogen) atoms. The summed E-state index contributed by atoms with van der Waals surface area (Å²) < 4.78 is 6.47. The molecule has 1 amide bonds. The Kier molecular flexibility index (Phi) is 8.87. The molecule has 3 aromatic rings. The van der Waals surface area contributed by atoms with Gasteiger partial charge < -0.3 is 29.2 Å². The maximum absolute atomic E-state index is 12.6. The van der Waals surface area contributed by atoms with Crippen LogP contribution >= 0.6 is 11.6 Å². The minimum atomic E-state index is -0.254. The summed E-state index contributed by atoms with van der Waals surface area (Å²) in [6, 6.07) is 14.7. The lowest BCUT2D eigenvalue weighted by molar-refractivity contribution is -0.128. The molecule has 0 bridgehead atoms. The Morgan fingerprint density at radius 1 is 1.18 bits per heavy atom. The molecule has 0 radical (unpaired) electrons. The van der Waals surface area contributed by atoms with E-state index in [0.29, 0.717) is 38.8 Å². The van der Waals surface area contributed by atoms with Crippen LogP contribution in [-0.4, -0.2) is 110 Å². The van der Waals surface area contributed by atoms with E-state index in [2.05, 4.69) is 77.7 Å². The number of hydrogen-bond acceptors (Lipinski definition) is 9. The topological polar surface area (TPSA) is 92.1 Å². The normalized spacial score (nSPS) is 19.6. The van der Waals surface area contributed by atoms with Crippen LogP contribution in [0.5, 0.6) is 6.01 Å². The molecule has 0 aliphatic carbocycles. The van der Waals surface area contributed by atoms with Gasteiger partial charge in [-0.2, -0.15) is 15.2 Å². The lowest BCUT2D eigenvalue weighted by Gasteiger charge is -2.49. The monoisotopic (exact) mass is 628 g/mol. The number of rotatable bonds is 9. The Bertz CT molecular complexity index is 1630. The molecule has 10 nitrogen and oxygen atoms in total. The van der Waals surface area contributed by atoms with Gasteiger partial charge in [0, 0.05) is 67.9 Å². The number of carbonyl (C=O) groups is 1. The molecule has 3 aliphatic rings. The lowest BCUT2D eigenvalue weighted by Crippen LogP contribution is -2.61. The Labute approximate surface area is 270 Å². The Hall–Kier alpha value is -3.91. The molecule has 1 unspecified atom stereocenters. The van der Waals surface area contributed by atoms with Crippen molar-refractivity contribution in [3.05, 3.63) is 65.3 Å². The summed E-state index contributed by atoms with van der Waals surface area (Å²) in [5.74, 6) is 0.691.